The topological polar surface area (TPSA) is 206 Å². The van der Waals surface area contributed by atoms with Gasteiger partial charge in [0.15, 0.2) is 11.4 Å². The van der Waals surface area contributed by atoms with E-state index in [1.54, 1.807) is 20.8 Å². The summed E-state index contributed by atoms with van der Waals surface area (Å²) in [7, 11) is 2.86. The average Bonchev–Trinajstić information content (AvgIpc) is 2.89. The minimum atomic E-state index is -3.32. The van der Waals surface area contributed by atoms with Crippen LogP contribution >= 0.6 is 0 Å². The molecule has 0 aromatic heterocycles. The van der Waals surface area contributed by atoms with Crippen LogP contribution in [0.25, 0.3) is 5.76 Å². The smallest absolute Gasteiger partial charge is 0.255 e. The highest BCUT2D eigenvalue weighted by atomic mass is 16.3. The standard InChI is InChI=1S/C29H39N5O8/c1-28(2,3)31-11-17(35)32-15-10-16(33(4)5)13-8-12-9-14-21(34(6)7)24(38)20(27(30)41)26(40)29(14,42)25(39)18(12)23(37)19(13)22(15)36/h10,12,14,21,31,36-37,40,42H,8-9,11H2,1-7H3,(H2,30,41)(H,32,35)/t12-,14-,21-,29-/m0/s1/i4D3,5D3. The van der Waals surface area contributed by atoms with Gasteiger partial charge in [0.05, 0.1) is 23.8 Å². The van der Waals surface area contributed by atoms with Gasteiger partial charge in [-0.15, -0.1) is 0 Å². The Bertz CT molecular complexity index is 1650. The lowest BCUT2D eigenvalue weighted by Gasteiger charge is -2.50. The molecule has 0 bridgehead atoms. The maximum atomic E-state index is 14.2. The maximum Gasteiger partial charge on any atom is 0.255 e. The Kier molecular flexibility index (Phi) is 5.85. The van der Waals surface area contributed by atoms with E-state index < -0.39 is 112 Å². The highest BCUT2D eigenvalue weighted by Crippen LogP contribution is 2.54. The van der Waals surface area contributed by atoms with Gasteiger partial charge in [-0.1, -0.05) is 0 Å². The summed E-state index contributed by atoms with van der Waals surface area (Å²) in [4.78, 5) is 54.0. The molecule has 4 atom stereocenters. The van der Waals surface area contributed by atoms with E-state index in [2.05, 4.69) is 10.6 Å². The molecule has 1 aromatic carbocycles. The molecule has 4 rings (SSSR count). The summed E-state index contributed by atoms with van der Waals surface area (Å²) in [5, 5.41) is 51.3. The van der Waals surface area contributed by atoms with E-state index in [4.69, 9.17) is 14.0 Å². The van der Waals surface area contributed by atoms with Gasteiger partial charge in [0.2, 0.25) is 11.7 Å². The number of phenols is 1. The summed E-state index contributed by atoms with van der Waals surface area (Å²) >= 11 is 0. The van der Waals surface area contributed by atoms with Crippen LogP contribution in [0.5, 0.6) is 5.75 Å². The SMILES string of the molecule is [2H]C([2H])([2H])N(c1cc(NC(=O)CNC(C)(C)C)c(O)c2c1C[C@H]1C[C@H]3[C@H](N(C)C)C(=O)C(C(N)=O)=C(O)[C@@]3(O)C(=O)C1=C2O)C([2H])([2H])[2H]. The molecule has 3 aliphatic carbocycles. The van der Waals surface area contributed by atoms with Crippen molar-refractivity contribution in [1.82, 2.24) is 10.2 Å². The van der Waals surface area contributed by atoms with Crippen LogP contribution in [-0.4, -0.2) is 100 Å². The first-order valence-corrected chi connectivity index (χ1v) is 13.1. The van der Waals surface area contributed by atoms with Gasteiger partial charge in [0.25, 0.3) is 5.91 Å². The van der Waals surface area contributed by atoms with E-state index >= 15 is 0 Å². The number of primary amides is 1. The Morgan fingerprint density at radius 3 is 2.38 bits per heavy atom. The number of aliphatic hydroxyl groups is 3. The maximum absolute atomic E-state index is 14.2. The molecule has 0 spiro atoms. The lowest BCUT2D eigenvalue weighted by molar-refractivity contribution is -0.153. The van der Waals surface area contributed by atoms with Crippen LogP contribution in [0.15, 0.2) is 23.0 Å². The summed E-state index contributed by atoms with van der Waals surface area (Å²) in [5.74, 6) is -10.1. The van der Waals surface area contributed by atoms with E-state index in [1.807, 2.05) is 0 Å². The van der Waals surface area contributed by atoms with Crippen molar-refractivity contribution in [3.8, 4) is 5.75 Å². The third-order valence-electron chi connectivity index (χ3n) is 7.99. The number of phenolic OH excluding ortho intramolecular Hbond substituents is 1. The van der Waals surface area contributed by atoms with Gasteiger partial charge in [0, 0.05) is 44.9 Å². The van der Waals surface area contributed by atoms with Gasteiger partial charge in [-0.3, -0.25) is 24.1 Å². The number of ketones is 2. The van der Waals surface area contributed by atoms with Crippen LogP contribution in [-0.2, 0) is 25.6 Å². The summed E-state index contributed by atoms with van der Waals surface area (Å²) < 4.78 is 48.3. The zero-order valence-corrected chi connectivity index (χ0v) is 23.8. The van der Waals surface area contributed by atoms with Gasteiger partial charge >= 0.3 is 0 Å². The van der Waals surface area contributed by atoms with Crippen molar-refractivity contribution in [3.05, 3.63) is 34.1 Å². The molecular weight excluding hydrogens is 546 g/mol. The molecule has 0 saturated heterocycles. The molecule has 42 heavy (non-hydrogen) atoms. The number of carbonyl (C=O) groups is 4. The number of nitrogens with one attached hydrogen (secondary N) is 2. The Morgan fingerprint density at radius 1 is 1.19 bits per heavy atom. The molecule has 3 aliphatic rings. The number of aromatic hydroxyl groups is 1. The number of nitrogens with zero attached hydrogens (tertiary/aromatic N) is 2. The van der Waals surface area contributed by atoms with E-state index in [0.29, 0.717) is 0 Å². The molecule has 1 aromatic rings. The molecule has 0 heterocycles. The Balaban J connectivity index is 2.02. The normalized spacial score (nSPS) is 28.4. The van der Waals surface area contributed by atoms with Gasteiger partial charge in [-0.2, -0.15) is 0 Å². The second-order valence-electron chi connectivity index (χ2n) is 12.1. The molecular formula is C29H39N5O8. The number of fused-ring (bicyclic) bond motifs is 3. The summed E-state index contributed by atoms with van der Waals surface area (Å²) in [6.07, 6.45) is -0.704. The van der Waals surface area contributed by atoms with E-state index in [-0.39, 0.29) is 29.8 Å². The lowest BCUT2D eigenvalue weighted by atomic mass is 9.57. The van der Waals surface area contributed by atoms with E-state index in [0.717, 1.165) is 6.07 Å². The van der Waals surface area contributed by atoms with Crippen LogP contribution < -0.4 is 21.3 Å². The van der Waals surface area contributed by atoms with Gasteiger partial charge < -0.3 is 41.7 Å². The third kappa shape index (κ3) is 4.80. The van der Waals surface area contributed by atoms with Crippen LogP contribution in [0.1, 0.15) is 46.5 Å². The van der Waals surface area contributed by atoms with E-state index in [1.165, 1.54) is 19.0 Å². The molecule has 1 fully saturated rings. The molecule has 0 aliphatic heterocycles. The molecule has 0 radical (unpaired) electrons. The minimum absolute atomic E-state index is 0.112. The monoisotopic (exact) mass is 591 g/mol. The zero-order valence-electron chi connectivity index (χ0n) is 29.8. The highest BCUT2D eigenvalue weighted by Gasteiger charge is 2.64. The molecule has 8 N–H and O–H groups in total. The average molecular weight is 592 g/mol. The molecule has 1 saturated carbocycles. The second-order valence-corrected chi connectivity index (χ2v) is 12.1. The number of Topliss-reactive ketones (excluding diaryl/α,β-unsaturated/α-hetero) is 2. The summed E-state index contributed by atoms with van der Waals surface area (Å²) in [6.45, 7) is -1.59. The van der Waals surface area contributed by atoms with Crippen molar-refractivity contribution in [3.63, 3.8) is 0 Å². The summed E-state index contributed by atoms with van der Waals surface area (Å²) in [6, 6.07) is -0.419. The van der Waals surface area contributed by atoms with Crippen molar-refractivity contribution in [2.24, 2.45) is 17.6 Å². The first kappa shape index (κ1) is 23.6. The largest absolute Gasteiger partial charge is 0.508 e. The first-order valence-electron chi connectivity index (χ1n) is 16.1. The van der Waals surface area contributed by atoms with Crippen molar-refractivity contribution in [2.45, 2.75) is 50.8 Å². The minimum Gasteiger partial charge on any atom is -0.508 e. The van der Waals surface area contributed by atoms with Crippen molar-refractivity contribution in [1.29, 1.82) is 0 Å². The van der Waals surface area contributed by atoms with E-state index in [9.17, 15) is 39.6 Å². The summed E-state index contributed by atoms with van der Waals surface area (Å²) in [5.41, 5.74) is -1.47. The number of aliphatic hydroxyl groups excluding tert-OH is 2. The number of hydrogen-bond acceptors (Lipinski definition) is 11. The highest BCUT2D eigenvalue weighted by molar-refractivity contribution is 6.24. The third-order valence-corrected chi connectivity index (χ3v) is 7.99. The quantitative estimate of drug-likeness (QED) is 0.178. The van der Waals surface area contributed by atoms with Crippen LogP contribution in [0, 0.1) is 11.8 Å². The molecule has 228 valence electrons. The van der Waals surface area contributed by atoms with Gasteiger partial charge in [0.1, 0.15) is 22.8 Å². The first-order chi connectivity index (χ1) is 21.7. The van der Waals surface area contributed by atoms with Crippen LogP contribution in [0.2, 0.25) is 0 Å². The fourth-order valence-electron chi connectivity index (χ4n) is 6.13. The zero-order chi connectivity index (χ0) is 36.6. The fourth-order valence-corrected chi connectivity index (χ4v) is 6.13. The predicted octanol–water partition coefficient (Wildman–Crippen LogP) is 0.357. The lowest BCUT2D eigenvalue weighted by Crippen LogP contribution is -2.65. The number of hydrogen-bond donors (Lipinski definition) is 7. The Morgan fingerprint density at radius 2 is 1.83 bits per heavy atom. The number of carbonyl (C=O) groups excluding carboxylic acids is 4. The van der Waals surface area contributed by atoms with Gasteiger partial charge in [-0.05, 0) is 65.3 Å². The second kappa shape index (κ2) is 10.4. The van der Waals surface area contributed by atoms with Crippen LogP contribution in [0.3, 0.4) is 0 Å². The fraction of sp³-hybridized carbons (Fsp3) is 0.517. The molecule has 13 heteroatoms. The number of amides is 2. The van der Waals surface area contributed by atoms with Crippen LogP contribution in [0.4, 0.5) is 11.4 Å². The van der Waals surface area contributed by atoms with Crippen molar-refractivity contribution in [2.75, 3.05) is 44.8 Å². The molecule has 0 unspecified atom stereocenters. The number of anilines is 2. The predicted molar refractivity (Wildman–Crippen MR) is 155 cm³/mol. The molecule has 2 amide bonds. The van der Waals surface area contributed by atoms with Crippen molar-refractivity contribution < 1.29 is 47.8 Å². The Labute approximate surface area is 252 Å². The van der Waals surface area contributed by atoms with Gasteiger partial charge in [-0.25, -0.2) is 0 Å². The number of benzene rings is 1. The molecule has 13 nitrogen and oxygen atoms in total. The number of rotatable bonds is 6. The number of likely N-dealkylation sites (N-methyl/N-ethyl adjacent to an activating group) is 1. The van der Waals surface area contributed by atoms with Crippen molar-refractivity contribution >= 4 is 40.5 Å². The Hall–Kier alpha value is -3.94. The number of nitrogens with two attached hydrogens (primary N) is 1.